The summed E-state index contributed by atoms with van der Waals surface area (Å²) in [4.78, 5) is 19.1. The molecule has 2 aromatic rings. The number of halogens is 3. The van der Waals surface area contributed by atoms with E-state index in [-0.39, 0.29) is 5.13 Å². The van der Waals surface area contributed by atoms with Crippen molar-refractivity contribution in [1.29, 1.82) is 0 Å². The molecule has 1 atom stereocenters. The maximum Gasteiger partial charge on any atom is 0.433 e. The van der Waals surface area contributed by atoms with Gasteiger partial charge in [-0.2, -0.15) is 18.3 Å². The van der Waals surface area contributed by atoms with Crippen molar-refractivity contribution in [1.82, 2.24) is 19.7 Å². The highest BCUT2D eigenvalue weighted by Crippen LogP contribution is 2.34. The molecule has 154 valence electrons. The summed E-state index contributed by atoms with van der Waals surface area (Å²) in [5.74, 6) is -0.212. The summed E-state index contributed by atoms with van der Waals surface area (Å²) in [6, 6.07) is -0.517. The molecular formula is C18H24F3N5OS. The van der Waals surface area contributed by atoms with Crippen LogP contribution in [-0.2, 0) is 12.7 Å². The van der Waals surface area contributed by atoms with Gasteiger partial charge in [-0.3, -0.25) is 19.7 Å². The molecule has 0 aromatic carbocycles. The Morgan fingerprint density at radius 3 is 2.82 bits per heavy atom. The van der Waals surface area contributed by atoms with Crippen LogP contribution in [0.1, 0.15) is 61.4 Å². The number of likely N-dealkylation sites (tertiary alicyclic amines) is 1. The zero-order chi connectivity index (χ0) is 20.5. The van der Waals surface area contributed by atoms with Gasteiger partial charge in [-0.25, -0.2) is 4.98 Å². The van der Waals surface area contributed by atoms with Crippen molar-refractivity contribution in [2.45, 2.75) is 52.4 Å². The van der Waals surface area contributed by atoms with Crippen LogP contribution in [0.2, 0.25) is 0 Å². The van der Waals surface area contributed by atoms with Crippen molar-refractivity contribution in [2.75, 3.05) is 18.4 Å². The lowest BCUT2D eigenvalue weighted by Crippen LogP contribution is -2.33. The monoisotopic (exact) mass is 415 g/mol. The Morgan fingerprint density at radius 2 is 2.18 bits per heavy atom. The van der Waals surface area contributed by atoms with Gasteiger partial charge in [0.25, 0.3) is 5.91 Å². The van der Waals surface area contributed by atoms with E-state index in [1.807, 2.05) is 5.38 Å². The second-order valence-corrected chi connectivity index (χ2v) is 8.38. The maximum absolute atomic E-state index is 13.4. The largest absolute Gasteiger partial charge is 0.433 e. The Labute approximate surface area is 165 Å². The van der Waals surface area contributed by atoms with Gasteiger partial charge < -0.3 is 0 Å². The molecule has 0 spiro atoms. The fourth-order valence-corrected chi connectivity index (χ4v) is 4.16. The minimum absolute atomic E-state index is 0.287. The van der Waals surface area contributed by atoms with Crippen LogP contribution in [0.4, 0.5) is 18.3 Å². The number of carbonyl (C=O) groups excluding carboxylic acids is 1. The Hall–Kier alpha value is -1.94. The molecule has 1 unspecified atom stereocenters. The van der Waals surface area contributed by atoms with E-state index in [9.17, 15) is 18.0 Å². The van der Waals surface area contributed by atoms with Gasteiger partial charge in [-0.05, 0) is 39.2 Å². The van der Waals surface area contributed by atoms with Gasteiger partial charge in [0.1, 0.15) is 0 Å². The molecule has 2 aromatic heterocycles. The number of hydrogen-bond donors (Lipinski definition) is 1. The summed E-state index contributed by atoms with van der Waals surface area (Å²) < 4.78 is 41.1. The number of anilines is 1. The highest BCUT2D eigenvalue weighted by atomic mass is 32.1. The minimum Gasteiger partial charge on any atom is -0.298 e. The topological polar surface area (TPSA) is 63.1 Å². The zero-order valence-corrected chi connectivity index (χ0v) is 16.9. The number of aromatic nitrogens is 3. The Morgan fingerprint density at radius 1 is 1.43 bits per heavy atom. The fraction of sp³-hybridized carbons (Fsp3) is 0.611. The molecule has 10 heteroatoms. The third-order valence-electron chi connectivity index (χ3n) is 4.70. The summed E-state index contributed by atoms with van der Waals surface area (Å²) in [6.07, 6.45) is -1.34. The first kappa shape index (κ1) is 20.8. The molecule has 1 saturated heterocycles. The third kappa shape index (κ3) is 4.72. The number of alkyl halides is 3. The quantitative estimate of drug-likeness (QED) is 0.785. The second-order valence-electron chi connectivity index (χ2n) is 7.52. The van der Waals surface area contributed by atoms with Crippen molar-refractivity contribution >= 4 is 22.4 Å². The van der Waals surface area contributed by atoms with Gasteiger partial charge >= 0.3 is 6.18 Å². The van der Waals surface area contributed by atoms with Crippen LogP contribution < -0.4 is 5.32 Å². The van der Waals surface area contributed by atoms with Crippen LogP contribution in [0.15, 0.2) is 11.6 Å². The lowest BCUT2D eigenvalue weighted by molar-refractivity contribution is -0.145. The van der Waals surface area contributed by atoms with Gasteiger partial charge in [0, 0.05) is 24.5 Å². The second kappa shape index (κ2) is 8.20. The van der Waals surface area contributed by atoms with Crippen molar-refractivity contribution in [2.24, 2.45) is 5.92 Å². The van der Waals surface area contributed by atoms with Gasteiger partial charge in [-0.1, -0.05) is 6.92 Å². The Bertz CT molecular complexity index is 830. The van der Waals surface area contributed by atoms with Crippen LogP contribution in [0.3, 0.4) is 0 Å². The van der Waals surface area contributed by atoms with E-state index >= 15 is 0 Å². The molecule has 3 heterocycles. The zero-order valence-electron chi connectivity index (χ0n) is 16.1. The van der Waals surface area contributed by atoms with E-state index in [2.05, 4.69) is 27.2 Å². The fourth-order valence-electron chi connectivity index (χ4n) is 3.46. The molecule has 0 bridgehead atoms. The highest BCUT2D eigenvalue weighted by molar-refractivity contribution is 7.14. The van der Waals surface area contributed by atoms with E-state index in [0.29, 0.717) is 12.5 Å². The van der Waals surface area contributed by atoms with Crippen molar-refractivity contribution in [3.63, 3.8) is 0 Å². The van der Waals surface area contributed by atoms with Crippen LogP contribution in [0.5, 0.6) is 0 Å². The summed E-state index contributed by atoms with van der Waals surface area (Å²) in [6.45, 7) is 8.07. The molecular weight excluding hydrogens is 391 g/mol. The lowest BCUT2D eigenvalue weighted by atomic mass is 10.0. The molecule has 1 aliphatic heterocycles. The lowest BCUT2D eigenvalue weighted by Gasteiger charge is -2.30. The predicted octanol–water partition coefficient (Wildman–Crippen LogP) is 4.42. The predicted molar refractivity (Wildman–Crippen MR) is 101 cm³/mol. The van der Waals surface area contributed by atoms with E-state index in [1.54, 1.807) is 13.8 Å². The van der Waals surface area contributed by atoms with E-state index < -0.39 is 29.4 Å². The molecule has 1 amide bonds. The summed E-state index contributed by atoms with van der Waals surface area (Å²) in [5, 5.41) is 8.35. The Balaban J connectivity index is 1.71. The molecule has 6 nitrogen and oxygen atoms in total. The minimum atomic E-state index is -4.67. The number of nitrogens with one attached hydrogen (secondary N) is 1. The van der Waals surface area contributed by atoms with Crippen LogP contribution in [-0.4, -0.2) is 38.7 Å². The van der Waals surface area contributed by atoms with E-state index in [4.69, 9.17) is 0 Å². The van der Waals surface area contributed by atoms with Crippen molar-refractivity contribution in [3.05, 3.63) is 28.5 Å². The van der Waals surface area contributed by atoms with E-state index in [0.717, 1.165) is 36.1 Å². The smallest absolute Gasteiger partial charge is 0.298 e. The summed E-state index contributed by atoms with van der Waals surface area (Å²) in [5.41, 5.74) is -0.731. The molecule has 0 saturated carbocycles. The number of thiazole rings is 1. The van der Waals surface area contributed by atoms with Crippen LogP contribution >= 0.6 is 11.3 Å². The van der Waals surface area contributed by atoms with Gasteiger partial charge in [0.15, 0.2) is 10.8 Å². The Kier molecular flexibility index (Phi) is 6.09. The number of carbonyl (C=O) groups is 1. The van der Waals surface area contributed by atoms with Crippen molar-refractivity contribution < 1.29 is 18.0 Å². The number of nitrogens with zero attached hydrogens (tertiary/aromatic N) is 4. The number of amides is 1. The standard InChI is InChI=1S/C18H24F3N5OS/c1-11(2)26-15(18(19,20)21)14(7-22-26)16(27)24-17-23-13(10-28-17)9-25-6-4-5-12(3)8-25/h7,10-12H,4-6,8-9H2,1-3H3,(H,23,24,27). The molecule has 3 rings (SSSR count). The first-order valence-corrected chi connectivity index (χ1v) is 10.2. The average Bonchev–Trinajstić information content (AvgIpc) is 3.21. The number of rotatable bonds is 5. The first-order valence-electron chi connectivity index (χ1n) is 9.28. The summed E-state index contributed by atoms with van der Waals surface area (Å²) in [7, 11) is 0. The normalized spacial score (nSPS) is 18.6. The molecule has 28 heavy (non-hydrogen) atoms. The van der Waals surface area contributed by atoms with Gasteiger partial charge in [0.05, 0.1) is 17.5 Å². The SMILES string of the molecule is CC1CCCN(Cc2csc(NC(=O)c3cnn(C(C)C)c3C(F)(F)F)n2)C1. The first-order chi connectivity index (χ1) is 13.1. The number of piperidine rings is 1. The van der Waals surface area contributed by atoms with Crippen molar-refractivity contribution in [3.8, 4) is 0 Å². The van der Waals surface area contributed by atoms with Gasteiger partial charge in [0.2, 0.25) is 0 Å². The molecule has 0 aliphatic carbocycles. The van der Waals surface area contributed by atoms with Gasteiger partial charge in [-0.15, -0.1) is 11.3 Å². The third-order valence-corrected chi connectivity index (χ3v) is 5.50. The van der Waals surface area contributed by atoms with E-state index in [1.165, 1.54) is 17.8 Å². The summed E-state index contributed by atoms with van der Waals surface area (Å²) >= 11 is 1.21. The maximum atomic E-state index is 13.4. The molecule has 1 N–H and O–H groups in total. The van der Waals surface area contributed by atoms with Crippen LogP contribution in [0, 0.1) is 5.92 Å². The molecule has 0 radical (unpaired) electrons. The average molecular weight is 415 g/mol. The number of hydrogen-bond acceptors (Lipinski definition) is 5. The van der Waals surface area contributed by atoms with Crippen LogP contribution in [0.25, 0.3) is 0 Å². The highest BCUT2D eigenvalue weighted by Gasteiger charge is 2.40. The molecule has 1 fully saturated rings. The molecule has 1 aliphatic rings.